The molecule has 2 rings (SSSR count). The van der Waals surface area contributed by atoms with Crippen LogP contribution in [0.3, 0.4) is 0 Å². The first-order chi connectivity index (χ1) is 9.93. The molecular weight excluding hydrogens is 266 g/mol. The Morgan fingerprint density at radius 3 is 2.57 bits per heavy atom. The minimum absolute atomic E-state index is 0.0801. The zero-order valence-electron chi connectivity index (χ0n) is 12.6. The van der Waals surface area contributed by atoms with E-state index in [1.54, 1.807) is 18.3 Å². The van der Waals surface area contributed by atoms with Crippen LogP contribution in [0.15, 0.2) is 34.9 Å². The van der Waals surface area contributed by atoms with E-state index in [1.165, 1.54) is 0 Å². The summed E-state index contributed by atoms with van der Waals surface area (Å²) in [6.07, 6.45) is 2.48. The van der Waals surface area contributed by atoms with Crippen molar-refractivity contribution in [3.05, 3.63) is 47.7 Å². The van der Waals surface area contributed by atoms with E-state index in [1.807, 2.05) is 32.9 Å². The van der Waals surface area contributed by atoms with Crippen LogP contribution >= 0.6 is 0 Å². The number of amides is 1. The van der Waals surface area contributed by atoms with Gasteiger partial charge in [-0.05, 0) is 31.5 Å². The molecule has 1 amide bonds. The zero-order valence-corrected chi connectivity index (χ0v) is 12.6. The van der Waals surface area contributed by atoms with Crippen molar-refractivity contribution in [2.75, 3.05) is 5.73 Å². The van der Waals surface area contributed by atoms with Crippen LogP contribution in [0.1, 0.15) is 38.0 Å². The fourth-order valence-electron chi connectivity index (χ4n) is 2.00. The molecule has 0 aliphatic carbocycles. The highest BCUT2D eigenvalue weighted by Gasteiger charge is 2.29. The molecule has 1 heterocycles. The van der Waals surface area contributed by atoms with Gasteiger partial charge in [-0.2, -0.15) is 0 Å². The van der Waals surface area contributed by atoms with Crippen molar-refractivity contribution in [1.29, 1.82) is 0 Å². The van der Waals surface area contributed by atoms with E-state index in [0.29, 0.717) is 11.6 Å². The average molecular weight is 287 g/mol. The zero-order chi connectivity index (χ0) is 15.5. The van der Waals surface area contributed by atoms with Crippen molar-refractivity contribution < 1.29 is 9.21 Å². The van der Waals surface area contributed by atoms with E-state index in [2.05, 4.69) is 10.3 Å². The molecule has 0 unspecified atom stereocenters. The first kappa shape index (κ1) is 15.1. The summed E-state index contributed by atoms with van der Waals surface area (Å²) in [7, 11) is 0. The molecule has 0 bridgehead atoms. The van der Waals surface area contributed by atoms with Gasteiger partial charge >= 0.3 is 0 Å². The molecule has 3 N–H and O–H groups in total. The van der Waals surface area contributed by atoms with Gasteiger partial charge in [-0.25, -0.2) is 4.98 Å². The molecular formula is C16H21N3O2. The Balaban J connectivity index is 2.02. The lowest BCUT2D eigenvalue weighted by Crippen LogP contribution is -2.39. The topological polar surface area (TPSA) is 81.2 Å². The molecule has 0 atom stereocenters. The van der Waals surface area contributed by atoms with Crippen molar-refractivity contribution >= 4 is 11.6 Å². The number of carbonyl (C=O) groups excluding carboxylic acids is 1. The first-order valence-electron chi connectivity index (χ1n) is 7.01. The molecule has 0 aliphatic heterocycles. The smallest absolute Gasteiger partial charge is 0.230 e. The second-order valence-corrected chi connectivity index (χ2v) is 5.50. The number of hydrogen-bond donors (Lipinski definition) is 2. The summed E-state index contributed by atoms with van der Waals surface area (Å²) < 4.78 is 5.47. The van der Waals surface area contributed by atoms with Crippen molar-refractivity contribution in [3.8, 4) is 0 Å². The number of nitrogens with two attached hydrogens (primary N) is 1. The molecule has 1 aromatic heterocycles. The lowest BCUT2D eigenvalue weighted by Gasteiger charge is -2.24. The van der Waals surface area contributed by atoms with Crippen molar-refractivity contribution in [2.45, 2.75) is 39.2 Å². The summed E-state index contributed by atoms with van der Waals surface area (Å²) in [6, 6.07) is 7.34. The monoisotopic (exact) mass is 287 g/mol. The Kier molecular flexibility index (Phi) is 4.31. The van der Waals surface area contributed by atoms with Gasteiger partial charge < -0.3 is 15.5 Å². The van der Waals surface area contributed by atoms with Gasteiger partial charge in [0.25, 0.3) is 0 Å². The molecule has 5 nitrogen and oxygen atoms in total. The maximum Gasteiger partial charge on any atom is 0.230 e. The van der Waals surface area contributed by atoms with Gasteiger partial charge in [0, 0.05) is 12.1 Å². The normalized spacial score (nSPS) is 11.4. The summed E-state index contributed by atoms with van der Waals surface area (Å²) >= 11 is 0. The summed E-state index contributed by atoms with van der Waals surface area (Å²) in [6.45, 7) is 6.03. The molecule has 112 valence electrons. The quantitative estimate of drug-likeness (QED) is 0.827. The SMILES string of the molecule is CCc1cnc(CNC(=O)C(C)(C)c2ccc(N)cc2)o1. The van der Waals surface area contributed by atoms with Crippen LogP contribution in [-0.4, -0.2) is 10.9 Å². The van der Waals surface area contributed by atoms with Gasteiger partial charge in [-0.3, -0.25) is 4.79 Å². The Hall–Kier alpha value is -2.30. The van der Waals surface area contributed by atoms with E-state index in [0.717, 1.165) is 17.7 Å². The van der Waals surface area contributed by atoms with Crippen LogP contribution in [0.5, 0.6) is 0 Å². The highest BCUT2D eigenvalue weighted by molar-refractivity contribution is 5.87. The van der Waals surface area contributed by atoms with Gasteiger partial charge in [0.1, 0.15) is 5.76 Å². The molecule has 0 saturated carbocycles. The molecule has 0 spiro atoms. The molecule has 0 saturated heterocycles. The second kappa shape index (κ2) is 5.99. The fraction of sp³-hybridized carbons (Fsp3) is 0.375. The number of hydrogen-bond acceptors (Lipinski definition) is 4. The number of nitrogens with one attached hydrogen (secondary N) is 1. The average Bonchev–Trinajstić information content (AvgIpc) is 2.93. The van der Waals surface area contributed by atoms with Gasteiger partial charge in [-0.15, -0.1) is 0 Å². The number of rotatable bonds is 5. The van der Waals surface area contributed by atoms with E-state index in [-0.39, 0.29) is 12.5 Å². The molecule has 0 aliphatic rings. The van der Waals surface area contributed by atoms with Crippen LogP contribution in [0.2, 0.25) is 0 Å². The van der Waals surface area contributed by atoms with Gasteiger partial charge in [0.15, 0.2) is 0 Å². The number of aryl methyl sites for hydroxylation is 1. The highest BCUT2D eigenvalue weighted by atomic mass is 16.4. The third kappa shape index (κ3) is 3.42. The third-order valence-corrected chi connectivity index (χ3v) is 3.55. The highest BCUT2D eigenvalue weighted by Crippen LogP contribution is 2.24. The minimum atomic E-state index is -0.645. The Labute approximate surface area is 124 Å². The number of oxazole rings is 1. The van der Waals surface area contributed by atoms with Gasteiger partial charge in [-0.1, -0.05) is 19.1 Å². The largest absolute Gasteiger partial charge is 0.444 e. The van der Waals surface area contributed by atoms with E-state index in [4.69, 9.17) is 10.2 Å². The summed E-state index contributed by atoms with van der Waals surface area (Å²) in [4.78, 5) is 16.5. The van der Waals surface area contributed by atoms with Crippen molar-refractivity contribution in [3.63, 3.8) is 0 Å². The lowest BCUT2D eigenvalue weighted by atomic mass is 9.83. The Morgan fingerprint density at radius 2 is 2.00 bits per heavy atom. The number of aromatic nitrogens is 1. The number of carbonyl (C=O) groups is 1. The molecule has 0 radical (unpaired) electrons. The minimum Gasteiger partial charge on any atom is -0.444 e. The van der Waals surface area contributed by atoms with Gasteiger partial charge in [0.05, 0.1) is 18.2 Å². The van der Waals surface area contributed by atoms with E-state index in [9.17, 15) is 4.79 Å². The Morgan fingerprint density at radius 1 is 1.33 bits per heavy atom. The first-order valence-corrected chi connectivity index (χ1v) is 7.01. The van der Waals surface area contributed by atoms with E-state index >= 15 is 0 Å². The summed E-state index contributed by atoms with van der Waals surface area (Å²) in [5.41, 5.74) is 6.63. The number of nitrogens with zero attached hydrogens (tertiary/aromatic N) is 1. The van der Waals surface area contributed by atoms with Crippen LogP contribution in [0, 0.1) is 0 Å². The maximum atomic E-state index is 12.4. The predicted molar refractivity (Wildman–Crippen MR) is 81.6 cm³/mol. The van der Waals surface area contributed by atoms with Crippen molar-refractivity contribution in [1.82, 2.24) is 10.3 Å². The third-order valence-electron chi connectivity index (χ3n) is 3.55. The standard InChI is InChI=1S/C16H21N3O2/c1-4-13-9-18-14(21-13)10-19-15(20)16(2,3)11-5-7-12(17)8-6-11/h5-9H,4,10,17H2,1-3H3,(H,19,20). The summed E-state index contributed by atoms with van der Waals surface area (Å²) in [5, 5.41) is 2.86. The molecule has 21 heavy (non-hydrogen) atoms. The van der Waals surface area contributed by atoms with Crippen LogP contribution in [0.4, 0.5) is 5.69 Å². The fourth-order valence-corrected chi connectivity index (χ4v) is 2.00. The molecule has 2 aromatic rings. The molecule has 0 fully saturated rings. The van der Waals surface area contributed by atoms with Crippen LogP contribution in [0.25, 0.3) is 0 Å². The molecule has 1 aromatic carbocycles. The number of nitrogen functional groups attached to an aromatic ring is 1. The second-order valence-electron chi connectivity index (χ2n) is 5.50. The lowest BCUT2D eigenvalue weighted by molar-refractivity contribution is -0.125. The number of benzene rings is 1. The van der Waals surface area contributed by atoms with Gasteiger partial charge in [0.2, 0.25) is 11.8 Å². The van der Waals surface area contributed by atoms with Crippen LogP contribution in [-0.2, 0) is 23.2 Å². The summed E-state index contributed by atoms with van der Waals surface area (Å²) in [5.74, 6) is 1.26. The number of anilines is 1. The predicted octanol–water partition coefficient (Wildman–Crippen LogP) is 2.41. The Bertz CT molecular complexity index is 615. The van der Waals surface area contributed by atoms with E-state index < -0.39 is 5.41 Å². The van der Waals surface area contributed by atoms with Crippen LogP contribution < -0.4 is 11.1 Å². The molecule has 5 heteroatoms. The van der Waals surface area contributed by atoms with Crippen molar-refractivity contribution in [2.24, 2.45) is 0 Å². The maximum absolute atomic E-state index is 12.4.